The van der Waals surface area contributed by atoms with E-state index in [1.807, 2.05) is 53.7 Å². The van der Waals surface area contributed by atoms with E-state index in [9.17, 15) is 9.18 Å². The zero-order valence-corrected chi connectivity index (χ0v) is 19.0. The van der Waals surface area contributed by atoms with Crippen LogP contribution in [-0.4, -0.2) is 38.3 Å². The number of halogens is 1. The average molecular weight is 443 g/mol. The van der Waals surface area contributed by atoms with E-state index in [0.29, 0.717) is 31.1 Å². The standard InChI is InChI=1S/C27H27FN4O/c1-18-6-9-32-17-25(30-26(32)12-18)27(33)31-10-7-22(8-11-31)24-16-21(13-19(2)29-24)14-20-4-3-5-23(28)15-20/h3-6,9,12-13,15-17,22H,7-8,10-11,14H2,1-2H3. The Morgan fingerprint density at radius 3 is 2.64 bits per heavy atom. The van der Waals surface area contributed by atoms with Gasteiger partial charge in [0, 0.05) is 42.8 Å². The van der Waals surface area contributed by atoms with Crippen LogP contribution in [-0.2, 0) is 6.42 Å². The number of rotatable bonds is 4. The van der Waals surface area contributed by atoms with Crippen LogP contribution < -0.4 is 0 Å². The van der Waals surface area contributed by atoms with Gasteiger partial charge in [0.2, 0.25) is 0 Å². The highest BCUT2D eigenvalue weighted by Gasteiger charge is 2.27. The molecular weight excluding hydrogens is 415 g/mol. The van der Waals surface area contributed by atoms with Crippen LogP contribution in [0.4, 0.5) is 4.39 Å². The second-order valence-electron chi connectivity index (χ2n) is 9.01. The van der Waals surface area contributed by atoms with Crippen molar-refractivity contribution in [3.8, 4) is 0 Å². The molecule has 0 spiro atoms. The molecule has 1 aliphatic rings. The molecule has 168 valence electrons. The van der Waals surface area contributed by atoms with Gasteiger partial charge in [-0.2, -0.15) is 0 Å². The number of aromatic nitrogens is 3. The lowest BCUT2D eigenvalue weighted by atomic mass is 9.91. The largest absolute Gasteiger partial charge is 0.337 e. The van der Waals surface area contributed by atoms with E-state index in [-0.39, 0.29) is 11.7 Å². The van der Waals surface area contributed by atoms with Gasteiger partial charge in [-0.1, -0.05) is 12.1 Å². The van der Waals surface area contributed by atoms with E-state index in [1.54, 1.807) is 12.1 Å². The van der Waals surface area contributed by atoms with Crippen LogP contribution in [0.5, 0.6) is 0 Å². The summed E-state index contributed by atoms with van der Waals surface area (Å²) in [4.78, 5) is 24.3. The highest BCUT2D eigenvalue weighted by Crippen LogP contribution is 2.29. The van der Waals surface area contributed by atoms with Crippen LogP contribution in [0.2, 0.25) is 0 Å². The molecule has 1 fully saturated rings. The van der Waals surface area contributed by atoms with E-state index < -0.39 is 0 Å². The summed E-state index contributed by atoms with van der Waals surface area (Å²) >= 11 is 0. The number of piperidine rings is 1. The fraction of sp³-hybridized carbons (Fsp3) is 0.296. The van der Waals surface area contributed by atoms with E-state index in [1.165, 1.54) is 6.07 Å². The Labute approximate surface area is 192 Å². The maximum Gasteiger partial charge on any atom is 0.274 e. The first kappa shape index (κ1) is 21.3. The molecule has 6 heteroatoms. The van der Waals surface area contributed by atoms with Crippen molar-refractivity contribution in [1.29, 1.82) is 0 Å². The first-order chi connectivity index (χ1) is 15.9. The number of carbonyl (C=O) groups excluding carboxylic acids is 1. The van der Waals surface area contributed by atoms with Crippen LogP contribution in [0.1, 0.15) is 57.3 Å². The predicted molar refractivity (Wildman–Crippen MR) is 126 cm³/mol. The minimum absolute atomic E-state index is 0.0150. The molecule has 0 unspecified atom stereocenters. The van der Waals surface area contributed by atoms with Gasteiger partial charge in [-0.3, -0.25) is 9.78 Å². The van der Waals surface area contributed by atoms with Gasteiger partial charge in [-0.05, 0) is 86.2 Å². The Balaban J connectivity index is 1.27. The number of hydrogen-bond donors (Lipinski definition) is 0. The smallest absolute Gasteiger partial charge is 0.274 e. The Bertz CT molecular complexity index is 1320. The molecule has 4 heterocycles. The summed E-state index contributed by atoms with van der Waals surface area (Å²) in [5, 5.41) is 0. The highest BCUT2D eigenvalue weighted by molar-refractivity contribution is 5.93. The summed E-state index contributed by atoms with van der Waals surface area (Å²) < 4.78 is 15.5. The van der Waals surface area contributed by atoms with Crippen LogP contribution in [0.15, 0.2) is 60.9 Å². The zero-order valence-electron chi connectivity index (χ0n) is 19.0. The third kappa shape index (κ3) is 4.65. The topological polar surface area (TPSA) is 50.5 Å². The molecule has 5 nitrogen and oxygen atoms in total. The van der Waals surface area contributed by atoms with Gasteiger partial charge in [0.1, 0.15) is 17.2 Å². The predicted octanol–water partition coefficient (Wildman–Crippen LogP) is 5.10. The summed E-state index contributed by atoms with van der Waals surface area (Å²) in [6.45, 7) is 5.39. The van der Waals surface area contributed by atoms with Crippen LogP contribution >= 0.6 is 0 Å². The number of imidazole rings is 1. The normalized spacial score (nSPS) is 14.7. The Hall–Kier alpha value is -3.54. The lowest BCUT2D eigenvalue weighted by Gasteiger charge is -2.31. The first-order valence-corrected chi connectivity index (χ1v) is 11.4. The highest BCUT2D eigenvalue weighted by atomic mass is 19.1. The Kier molecular flexibility index (Phi) is 5.67. The van der Waals surface area contributed by atoms with Gasteiger partial charge in [0.05, 0.1) is 0 Å². The first-order valence-electron chi connectivity index (χ1n) is 11.4. The molecule has 1 aromatic carbocycles. The van der Waals surface area contributed by atoms with Crippen molar-refractivity contribution in [2.45, 2.75) is 39.0 Å². The fourth-order valence-electron chi connectivity index (χ4n) is 4.69. The number of benzene rings is 1. The Morgan fingerprint density at radius 2 is 1.85 bits per heavy atom. The average Bonchev–Trinajstić information content (AvgIpc) is 3.21. The van der Waals surface area contributed by atoms with Crippen LogP contribution in [0.25, 0.3) is 5.65 Å². The number of carbonyl (C=O) groups is 1. The summed E-state index contributed by atoms with van der Waals surface area (Å²) in [6, 6.07) is 14.9. The van der Waals surface area contributed by atoms with Crippen molar-refractivity contribution >= 4 is 11.6 Å². The minimum atomic E-state index is -0.212. The van der Waals surface area contributed by atoms with Crippen LogP contribution in [0.3, 0.4) is 0 Å². The molecular formula is C27H27FN4O. The maximum absolute atomic E-state index is 13.6. The fourth-order valence-corrected chi connectivity index (χ4v) is 4.69. The number of nitrogens with zero attached hydrogens (tertiary/aromatic N) is 4. The number of aryl methyl sites for hydroxylation is 2. The monoisotopic (exact) mass is 442 g/mol. The molecule has 0 saturated carbocycles. The Morgan fingerprint density at radius 1 is 1.03 bits per heavy atom. The molecule has 0 aliphatic carbocycles. The van der Waals surface area contributed by atoms with E-state index in [0.717, 1.165) is 46.6 Å². The molecule has 0 radical (unpaired) electrons. The third-order valence-corrected chi connectivity index (χ3v) is 6.37. The molecule has 0 atom stereocenters. The lowest BCUT2D eigenvalue weighted by Crippen LogP contribution is -2.38. The van der Waals surface area contributed by atoms with Crippen molar-refractivity contribution in [3.63, 3.8) is 0 Å². The SMILES string of the molecule is Cc1ccn2cc(C(=O)N3CCC(c4cc(Cc5cccc(F)c5)cc(C)n4)CC3)nc2c1. The molecule has 0 N–H and O–H groups in total. The van der Waals surface area contributed by atoms with Gasteiger partial charge in [0.25, 0.3) is 5.91 Å². The van der Waals surface area contributed by atoms with Gasteiger partial charge >= 0.3 is 0 Å². The molecule has 1 aliphatic heterocycles. The van der Waals surface area contributed by atoms with Gasteiger partial charge < -0.3 is 9.30 Å². The van der Waals surface area contributed by atoms with Crippen molar-refractivity contribution in [2.24, 2.45) is 0 Å². The second kappa shape index (κ2) is 8.77. The van der Waals surface area contributed by atoms with Gasteiger partial charge in [0.15, 0.2) is 0 Å². The number of likely N-dealkylation sites (tertiary alicyclic amines) is 1. The zero-order chi connectivity index (χ0) is 22.9. The molecule has 4 aromatic rings. The third-order valence-electron chi connectivity index (χ3n) is 6.37. The van der Waals surface area contributed by atoms with Crippen molar-refractivity contribution < 1.29 is 9.18 Å². The number of fused-ring (bicyclic) bond motifs is 1. The minimum Gasteiger partial charge on any atom is -0.337 e. The van der Waals surface area contributed by atoms with Crippen LogP contribution in [0, 0.1) is 19.7 Å². The molecule has 5 rings (SSSR count). The van der Waals surface area contributed by atoms with Gasteiger partial charge in [-0.15, -0.1) is 0 Å². The van der Waals surface area contributed by atoms with Crippen molar-refractivity contribution in [3.05, 3.63) is 101 Å². The summed E-state index contributed by atoms with van der Waals surface area (Å²) in [7, 11) is 0. The van der Waals surface area contributed by atoms with Crippen molar-refractivity contribution in [1.82, 2.24) is 19.3 Å². The molecule has 3 aromatic heterocycles. The molecule has 1 amide bonds. The number of amides is 1. The van der Waals surface area contributed by atoms with Gasteiger partial charge in [-0.25, -0.2) is 9.37 Å². The maximum atomic E-state index is 13.6. The molecule has 33 heavy (non-hydrogen) atoms. The van der Waals surface area contributed by atoms with E-state index in [2.05, 4.69) is 17.1 Å². The quantitative estimate of drug-likeness (QED) is 0.442. The van der Waals surface area contributed by atoms with E-state index in [4.69, 9.17) is 4.98 Å². The number of hydrogen-bond acceptors (Lipinski definition) is 3. The number of pyridine rings is 2. The summed E-state index contributed by atoms with van der Waals surface area (Å²) in [5.41, 5.74) is 6.54. The summed E-state index contributed by atoms with van der Waals surface area (Å²) in [5.74, 6) is 0.0824. The molecule has 0 bridgehead atoms. The van der Waals surface area contributed by atoms with Crippen molar-refractivity contribution in [2.75, 3.05) is 13.1 Å². The lowest BCUT2D eigenvalue weighted by molar-refractivity contribution is 0.0706. The second-order valence-corrected chi connectivity index (χ2v) is 9.01. The molecule has 1 saturated heterocycles. The van der Waals surface area contributed by atoms with E-state index >= 15 is 0 Å². The summed E-state index contributed by atoms with van der Waals surface area (Å²) in [6.07, 6.45) is 6.16.